The van der Waals surface area contributed by atoms with Crippen molar-refractivity contribution in [3.05, 3.63) is 40.4 Å². The molecule has 0 heterocycles. The third-order valence-electron chi connectivity index (χ3n) is 1.66. The highest BCUT2D eigenvalue weighted by Gasteiger charge is 1.99. The summed E-state index contributed by atoms with van der Waals surface area (Å²) >= 11 is 5.87. The molecule has 0 aliphatic carbocycles. The first-order valence-corrected chi connectivity index (χ1v) is 4.15. The Labute approximate surface area is 81.5 Å². The largest absolute Gasteiger partial charge is 0.478 e. The van der Waals surface area contributed by atoms with Gasteiger partial charge in [-0.15, -0.1) is 0 Å². The van der Waals surface area contributed by atoms with Crippen LogP contribution in [-0.4, -0.2) is 11.1 Å². The van der Waals surface area contributed by atoms with Crippen LogP contribution in [0, 0.1) is 6.92 Å². The van der Waals surface area contributed by atoms with Gasteiger partial charge in [-0.2, -0.15) is 0 Å². The molecule has 1 aromatic rings. The molecular weight excluding hydrogens is 188 g/mol. The predicted octanol–water partition coefficient (Wildman–Crippen LogP) is 2.75. The molecule has 0 aliphatic heterocycles. The summed E-state index contributed by atoms with van der Waals surface area (Å²) in [5.41, 5.74) is 1.72. The van der Waals surface area contributed by atoms with Gasteiger partial charge in [0.25, 0.3) is 0 Å². The van der Waals surface area contributed by atoms with E-state index in [0.717, 1.165) is 17.2 Å². The first-order valence-electron chi connectivity index (χ1n) is 3.77. The zero-order valence-electron chi connectivity index (χ0n) is 7.12. The summed E-state index contributed by atoms with van der Waals surface area (Å²) in [4.78, 5) is 10.3. The molecule has 0 bridgehead atoms. The minimum absolute atomic E-state index is 0.567. The monoisotopic (exact) mass is 196 g/mol. The molecule has 0 aromatic heterocycles. The van der Waals surface area contributed by atoms with Crippen LogP contribution in [0.25, 0.3) is 6.08 Å². The number of hydrogen-bond donors (Lipinski definition) is 1. The van der Waals surface area contributed by atoms with Crippen molar-refractivity contribution < 1.29 is 9.90 Å². The quantitative estimate of drug-likeness (QED) is 0.739. The Balaban J connectivity index is 3.06. The van der Waals surface area contributed by atoms with E-state index in [-0.39, 0.29) is 0 Å². The second-order valence-corrected chi connectivity index (χ2v) is 3.05. The minimum Gasteiger partial charge on any atom is -0.478 e. The first-order chi connectivity index (χ1) is 6.11. The molecule has 13 heavy (non-hydrogen) atoms. The zero-order chi connectivity index (χ0) is 9.84. The number of rotatable bonds is 2. The lowest BCUT2D eigenvalue weighted by Gasteiger charge is -2.01. The highest BCUT2D eigenvalue weighted by Crippen LogP contribution is 2.20. The number of halogens is 1. The SMILES string of the molecule is Cc1cccc(Cl)c1C=CC(=O)O. The van der Waals surface area contributed by atoms with Crippen LogP contribution in [0.1, 0.15) is 11.1 Å². The Kier molecular flexibility index (Phi) is 3.09. The summed E-state index contributed by atoms with van der Waals surface area (Å²) in [5.74, 6) is -0.973. The molecular formula is C10H9ClO2. The molecule has 0 aliphatic rings. The number of carboxylic acids is 1. The fourth-order valence-corrected chi connectivity index (χ4v) is 1.30. The van der Waals surface area contributed by atoms with Gasteiger partial charge in [-0.25, -0.2) is 4.79 Å². The molecule has 0 spiro atoms. The third-order valence-corrected chi connectivity index (χ3v) is 1.99. The summed E-state index contributed by atoms with van der Waals surface area (Å²) in [6.45, 7) is 1.88. The van der Waals surface area contributed by atoms with E-state index in [1.54, 1.807) is 6.07 Å². The molecule has 0 saturated heterocycles. The summed E-state index contributed by atoms with van der Waals surface area (Å²) in [6.07, 6.45) is 2.58. The van der Waals surface area contributed by atoms with Gasteiger partial charge < -0.3 is 5.11 Å². The maximum absolute atomic E-state index is 10.3. The average Bonchev–Trinajstić information content (AvgIpc) is 2.03. The van der Waals surface area contributed by atoms with Crippen molar-refractivity contribution in [3.63, 3.8) is 0 Å². The second kappa shape index (κ2) is 4.10. The van der Waals surface area contributed by atoms with Gasteiger partial charge in [0.1, 0.15) is 0 Å². The van der Waals surface area contributed by atoms with Crippen molar-refractivity contribution in [2.75, 3.05) is 0 Å². The van der Waals surface area contributed by atoms with Crippen molar-refractivity contribution >= 4 is 23.6 Å². The molecule has 0 atom stereocenters. The van der Waals surface area contributed by atoms with Gasteiger partial charge in [0, 0.05) is 11.1 Å². The lowest BCUT2D eigenvalue weighted by molar-refractivity contribution is -0.131. The standard InChI is InChI=1S/C10H9ClO2/c1-7-3-2-4-9(11)8(7)5-6-10(12)13/h2-6H,1H3,(H,12,13). The van der Waals surface area contributed by atoms with Crippen molar-refractivity contribution in [2.45, 2.75) is 6.92 Å². The maximum atomic E-state index is 10.3. The Morgan fingerprint density at radius 3 is 2.77 bits per heavy atom. The average molecular weight is 197 g/mol. The smallest absolute Gasteiger partial charge is 0.328 e. The molecule has 0 amide bonds. The lowest BCUT2D eigenvalue weighted by atomic mass is 10.1. The van der Waals surface area contributed by atoms with Crippen LogP contribution in [0.5, 0.6) is 0 Å². The van der Waals surface area contributed by atoms with Crippen molar-refractivity contribution in [3.8, 4) is 0 Å². The van der Waals surface area contributed by atoms with Gasteiger partial charge in [-0.3, -0.25) is 0 Å². The fourth-order valence-electron chi connectivity index (χ4n) is 1.01. The van der Waals surface area contributed by atoms with Crippen LogP contribution in [0.3, 0.4) is 0 Å². The first kappa shape index (κ1) is 9.81. The third kappa shape index (κ3) is 2.60. The van der Waals surface area contributed by atoms with E-state index in [1.807, 2.05) is 19.1 Å². The molecule has 3 heteroatoms. The van der Waals surface area contributed by atoms with Gasteiger partial charge in [0.05, 0.1) is 0 Å². The molecule has 0 unspecified atom stereocenters. The number of carboxylic acid groups (broad SMARTS) is 1. The normalized spacial score (nSPS) is 10.6. The van der Waals surface area contributed by atoms with Crippen LogP contribution >= 0.6 is 11.6 Å². The summed E-state index contributed by atoms with van der Waals surface area (Å²) in [6, 6.07) is 5.44. The summed E-state index contributed by atoms with van der Waals surface area (Å²) in [7, 11) is 0. The maximum Gasteiger partial charge on any atom is 0.328 e. The highest BCUT2D eigenvalue weighted by molar-refractivity contribution is 6.32. The van der Waals surface area contributed by atoms with Gasteiger partial charge in [-0.1, -0.05) is 23.7 Å². The predicted molar refractivity (Wildman–Crippen MR) is 52.9 cm³/mol. The lowest BCUT2D eigenvalue weighted by Crippen LogP contribution is -1.87. The molecule has 68 valence electrons. The van der Waals surface area contributed by atoms with E-state index < -0.39 is 5.97 Å². The Hall–Kier alpha value is -1.28. The molecule has 0 fully saturated rings. The van der Waals surface area contributed by atoms with Crippen molar-refractivity contribution in [2.24, 2.45) is 0 Å². The van der Waals surface area contributed by atoms with Crippen LogP contribution in [-0.2, 0) is 4.79 Å². The van der Waals surface area contributed by atoms with Crippen LogP contribution in [0.15, 0.2) is 24.3 Å². The number of aryl methyl sites for hydroxylation is 1. The van der Waals surface area contributed by atoms with Crippen LogP contribution in [0.2, 0.25) is 5.02 Å². The van der Waals surface area contributed by atoms with Crippen molar-refractivity contribution in [1.82, 2.24) is 0 Å². The van der Waals surface area contributed by atoms with E-state index in [0.29, 0.717) is 5.02 Å². The van der Waals surface area contributed by atoms with Gasteiger partial charge in [-0.05, 0) is 30.2 Å². The fraction of sp³-hybridized carbons (Fsp3) is 0.100. The van der Waals surface area contributed by atoms with Gasteiger partial charge in [0.2, 0.25) is 0 Å². The van der Waals surface area contributed by atoms with E-state index in [2.05, 4.69) is 0 Å². The van der Waals surface area contributed by atoms with E-state index in [9.17, 15) is 4.79 Å². The highest BCUT2D eigenvalue weighted by atomic mass is 35.5. The Morgan fingerprint density at radius 2 is 2.23 bits per heavy atom. The molecule has 2 nitrogen and oxygen atoms in total. The van der Waals surface area contributed by atoms with E-state index >= 15 is 0 Å². The molecule has 1 N–H and O–H groups in total. The number of hydrogen-bond acceptors (Lipinski definition) is 1. The Morgan fingerprint density at radius 1 is 1.54 bits per heavy atom. The zero-order valence-corrected chi connectivity index (χ0v) is 7.88. The van der Waals surface area contributed by atoms with Gasteiger partial charge >= 0.3 is 5.97 Å². The molecule has 0 saturated carbocycles. The molecule has 1 aromatic carbocycles. The van der Waals surface area contributed by atoms with Crippen LogP contribution < -0.4 is 0 Å². The minimum atomic E-state index is -0.973. The Bertz CT molecular complexity index is 336. The summed E-state index contributed by atoms with van der Waals surface area (Å²) in [5, 5.41) is 8.99. The molecule has 0 radical (unpaired) electrons. The number of aliphatic carboxylic acids is 1. The van der Waals surface area contributed by atoms with Gasteiger partial charge in [0.15, 0.2) is 0 Å². The van der Waals surface area contributed by atoms with Crippen molar-refractivity contribution in [1.29, 1.82) is 0 Å². The van der Waals surface area contributed by atoms with E-state index in [1.165, 1.54) is 6.08 Å². The number of carbonyl (C=O) groups is 1. The number of benzene rings is 1. The summed E-state index contributed by atoms with van der Waals surface area (Å²) < 4.78 is 0. The van der Waals surface area contributed by atoms with E-state index in [4.69, 9.17) is 16.7 Å². The second-order valence-electron chi connectivity index (χ2n) is 2.64. The van der Waals surface area contributed by atoms with Crippen LogP contribution in [0.4, 0.5) is 0 Å². The molecule has 1 rings (SSSR count). The topological polar surface area (TPSA) is 37.3 Å².